The van der Waals surface area contributed by atoms with E-state index in [0.29, 0.717) is 18.3 Å². The second-order valence-electron chi connectivity index (χ2n) is 5.46. The fourth-order valence-electron chi connectivity index (χ4n) is 2.63. The molecule has 0 unspecified atom stereocenters. The molecule has 1 N–H and O–H groups in total. The van der Waals surface area contributed by atoms with Crippen molar-refractivity contribution < 1.29 is 9.47 Å². The van der Waals surface area contributed by atoms with E-state index in [4.69, 9.17) is 9.47 Å². The predicted molar refractivity (Wildman–Crippen MR) is 84.3 cm³/mol. The highest BCUT2D eigenvalue weighted by Crippen LogP contribution is 2.16. The van der Waals surface area contributed by atoms with Gasteiger partial charge in [0.05, 0.1) is 33.4 Å². The van der Waals surface area contributed by atoms with Crippen molar-refractivity contribution in [3.8, 4) is 11.8 Å². The van der Waals surface area contributed by atoms with Crippen LogP contribution < -0.4 is 9.47 Å². The molecule has 1 saturated heterocycles. The molecule has 0 atom stereocenters. The normalized spacial score (nSPS) is 16.4. The van der Waals surface area contributed by atoms with Crippen LogP contribution in [-0.2, 0) is 13.1 Å². The molecule has 0 aliphatic carbocycles. The van der Waals surface area contributed by atoms with Crippen LogP contribution in [0.15, 0.2) is 18.5 Å². The third-order valence-corrected chi connectivity index (χ3v) is 3.90. The fourth-order valence-corrected chi connectivity index (χ4v) is 2.63. The number of rotatable bonds is 6. The van der Waals surface area contributed by atoms with Crippen molar-refractivity contribution in [2.24, 2.45) is 0 Å². The lowest BCUT2D eigenvalue weighted by Gasteiger charge is -2.33. The highest BCUT2D eigenvalue weighted by molar-refractivity contribution is 5.20. The largest absolute Gasteiger partial charge is 0.481 e. The third-order valence-electron chi connectivity index (χ3n) is 3.90. The zero-order valence-electron chi connectivity index (χ0n) is 13.5. The van der Waals surface area contributed by atoms with Crippen molar-refractivity contribution >= 4 is 0 Å². The molecule has 0 saturated carbocycles. The lowest BCUT2D eigenvalue weighted by Crippen LogP contribution is -2.45. The highest BCUT2D eigenvalue weighted by atomic mass is 16.5. The zero-order chi connectivity index (χ0) is 16.1. The Labute approximate surface area is 135 Å². The van der Waals surface area contributed by atoms with Crippen LogP contribution in [0.2, 0.25) is 0 Å². The maximum absolute atomic E-state index is 5.19. The molecule has 8 heteroatoms. The van der Waals surface area contributed by atoms with Gasteiger partial charge in [-0.1, -0.05) is 0 Å². The predicted octanol–water partition coefficient (Wildman–Crippen LogP) is 0.535. The van der Waals surface area contributed by atoms with Gasteiger partial charge in [0, 0.05) is 38.6 Å². The Morgan fingerprint density at radius 2 is 1.61 bits per heavy atom. The molecule has 1 aliphatic heterocycles. The minimum absolute atomic E-state index is 0.531. The molecule has 8 nitrogen and oxygen atoms in total. The first-order chi connectivity index (χ1) is 11.3. The number of ether oxygens (including phenoxy) is 2. The van der Waals surface area contributed by atoms with E-state index in [9.17, 15) is 0 Å². The van der Waals surface area contributed by atoms with Gasteiger partial charge in [-0.2, -0.15) is 9.97 Å². The molecule has 23 heavy (non-hydrogen) atoms. The topological polar surface area (TPSA) is 79.4 Å². The van der Waals surface area contributed by atoms with Gasteiger partial charge in [0.1, 0.15) is 11.6 Å². The molecule has 1 fully saturated rings. The molecule has 0 aromatic carbocycles. The first-order valence-corrected chi connectivity index (χ1v) is 7.65. The molecule has 0 bridgehead atoms. The number of aromatic amines is 1. The van der Waals surface area contributed by atoms with Crippen LogP contribution in [0, 0.1) is 0 Å². The van der Waals surface area contributed by atoms with Gasteiger partial charge in [0.2, 0.25) is 11.8 Å². The van der Waals surface area contributed by atoms with Crippen LogP contribution in [0.4, 0.5) is 0 Å². The van der Waals surface area contributed by atoms with E-state index in [1.807, 2.05) is 6.20 Å². The van der Waals surface area contributed by atoms with E-state index in [2.05, 4.69) is 29.7 Å². The van der Waals surface area contributed by atoms with Crippen LogP contribution >= 0.6 is 0 Å². The highest BCUT2D eigenvalue weighted by Gasteiger charge is 2.19. The van der Waals surface area contributed by atoms with Crippen molar-refractivity contribution in [1.82, 2.24) is 29.7 Å². The van der Waals surface area contributed by atoms with E-state index < -0.39 is 0 Å². The Bertz CT molecular complexity index is 588. The summed E-state index contributed by atoms with van der Waals surface area (Å²) in [6.07, 6.45) is 3.65. The Morgan fingerprint density at radius 1 is 1.00 bits per heavy atom. The summed E-state index contributed by atoms with van der Waals surface area (Å²) in [5, 5.41) is 0. The molecular weight excluding hydrogens is 296 g/mol. The summed E-state index contributed by atoms with van der Waals surface area (Å²) in [5.41, 5.74) is 0. The number of hydrogen-bond acceptors (Lipinski definition) is 7. The van der Waals surface area contributed by atoms with Gasteiger partial charge >= 0.3 is 0 Å². The van der Waals surface area contributed by atoms with Crippen LogP contribution in [0.3, 0.4) is 0 Å². The molecular formula is C15H22N6O2. The Kier molecular flexibility index (Phi) is 5.04. The minimum atomic E-state index is 0.531. The van der Waals surface area contributed by atoms with Gasteiger partial charge in [-0.15, -0.1) is 0 Å². The maximum atomic E-state index is 5.19. The summed E-state index contributed by atoms with van der Waals surface area (Å²) in [4.78, 5) is 20.9. The number of hydrogen-bond donors (Lipinski definition) is 1. The second-order valence-corrected chi connectivity index (χ2v) is 5.46. The van der Waals surface area contributed by atoms with E-state index in [0.717, 1.165) is 44.4 Å². The van der Waals surface area contributed by atoms with Crippen molar-refractivity contribution in [1.29, 1.82) is 0 Å². The van der Waals surface area contributed by atoms with Crippen LogP contribution in [0.1, 0.15) is 11.6 Å². The first kappa shape index (κ1) is 15.7. The Hall–Kier alpha value is -2.19. The molecule has 2 aromatic rings. The van der Waals surface area contributed by atoms with Gasteiger partial charge in [0.15, 0.2) is 0 Å². The summed E-state index contributed by atoms with van der Waals surface area (Å²) in [6, 6.07) is 1.69. The molecule has 0 amide bonds. The van der Waals surface area contributed by atoms with Gasteiger partial charge in [-0.3, -0.25) is 9.80 Å². The summed E-state index contributed by atoms with van der Waals surface area (Å²) in [5.74, 6) is 2.80. The smallest absolute Gasteiger partial charge is 0.220 e. The third kappa shape index (κ3) is 4.17. The molecule has 0 radical (unpaired) electrons. The maximum Gasteiger partial charge on any atom is 0.220 e. The van der Waals surface area contributed by atoms with Gasteiger partial charge < -0.3 is 14.5 Å². The molecule has 3 heterocycles. The molecule has 3 rings (SSSR count). The Balaban J connectivity index is 1.54. The van der Waals surface area contributed by atoms with E-state index in [-0.39, 0.29) is 0 Å². The molecule has 124 valence electrons. The summed E-state index contributed by atoms with van der Waals surface area (Å²) in [6.45, 7) is 5.52. The Morgan fingerprint density at radius 3 is 2.13 bits per heavy atom. The number of piperazine rings is 1. The number of nitrogens with zero attached hydrogens (tertiary/aromatic N) is 5. The summed E-state index contributed by atoms with van der Waals surface area (Å²) >= 11 is 0. The second kappa shape index (κ2) is 7.38. The summed E-state index contributed by atoms with van der Waals surface area (Å²) < 4.78 is 10.4. The molecule has 2 aromatic heterocycles. The number of imidazole rings is 1. The summed E-state index contributed by atoms with van der Waals surface area (Å²) in [7, 11) is 3.19. The number of H-pyrrole nitrogens is 1. The molecule has 0 spiro atoms. The average Bonchev–Trinajstić information content (AvgIpc) is 3.09. The lowest BCUT2D eigenvalue weighted by molar-refractivity contribution is 0.117. The number of aromatic nitrogens is 4. The number of nitrogens with one attached hydrogen (secondary N) is 1. The van der Waals surface area contributed by atoms with Crippen LogP contribution in [0.5, 0.6) is 11.8 Å². The first-order valence-electron chi connectivity index (χ1n) is 7.65. The van der Waals surface area contributed by atoms with Crippen LogP contribution in [0.25, 0.3) is 0 Å². The minimum Gasteiger partial charge on any atom is -0.481 e. The van der Waals surface area contributed by atoms with Crippen molar-refractivity contribution in [2.45, 2.75) is 13.1 Å². The molecule has 1 aliphatic rings. The monoisotopic (exact) mass is 318 g/mol. The average molecular weight is 318 g/mol. The van der Waals surface area contributed by atoms with Crippen molar-refractivity contribution in [3.63, 3.8) is 0 Å². The van der Waals surface area contributed by atoms with Crippen molar-refractivity contribution in [2.75, 3.05) is 40.4 Å². The van der Waals surface area contributed by atoms with Gasteiger partial charge in [-0.25, -0.2) is 4.98 Å². The van der Waals surface area contributed by atoms with E-state index in [1.54, 1.807) is 26.5 Å². The van der Waals surface area contributed by atoms with Gasteiger partial charge in [-0.05, 0) is 0 Å². The SMILES string of the molecule is COc1cc(OC)nc(CN2CCN(Cc3ncc[nH]3)CC2)n1. The van der Waals surface area contributed by atoms with Crippen LogP contribution in [-0.4, -0.2) is 70.1 Å². The zero-order valence-corrected chi connectivity index (χ0v) is 13.5. The fraction of sp³-hybridized carbons (Fsp3) is 0.533. The van der Waals surface area contributed by atoms with Crippen molar-refractivity contribution in [3.05, 3.63) is 30.1 Å². The standard InChI is InChI=1S/C15H22N6O2/c1-22-14-9-15(23-2)19-13(18-14)11-21-7-5-20(6-8-21)10-12-16-3-4-17-12/h3-4,9H,5-8,10-11H2,1-2H3,(H,16,17). The van der Waals surface area contributed by atoms with Gasteiger partial charge in [0.25, 0.3) is 0 Å². The lowest BCUT2D eigenvalue weighted by atomic mass is 10.3. The van der Waals surface area contributed by atoms with E-state index >= 15 is 0 Å². The quantitative estimate of drug-likeness (QED) is 0.832. The number of methoxy groups -OCH3 is 2. The van der Waals surface area contributed by atoms with E-state index in [1.165, 1.54) is 0 Å².